The Morgan fingerprint density at radius 2 is 1.94 bits per heavy atom. The molecule has 1 fully saturated rings. The summed E-state index contributed by atoms with van der Waals surface area (Å²) in [5.74, 6) is 1.04. The fraction of sp³-hybridized carbons (Fsp3) is 0.238. The molecule has 0 spiro atoms. The minimum Gasteiger partial charge on any atom is -0.369 e. The first-order chi connectivity index (χ1) is 15.2. The number of carbonyl (C=O) groups excluding carboxylic acids is 1. The van der Waals surface area contributed by atoms with Gasteiger partial charge in [0.15, 0.2) is 0 Å². The molecule has 1 amide bonds. The van der Waals surface area contributed by atoms with E-state index in [1.165, 1.54) is 0 Å². The molecule has 1 aromatic carbocycles. The van der Waals surface area contributed by atoms with E-state index >= 15 is 0 Å². The maximum Gasteiger partial charge on any atom is 0.275 e. The first-order valence-electron chi connectivity index (χ1n) is 10.1. The van der Waals surface area contributed by atoms with Gasteiger partial charge in [0.1, 0.15) is 22.2 Å². The largest absolute Gasteiger partial charge is 0.369 e. The molecule has 1 aliphatic rings. The molecular formula is C21H22N8OS. The van der Waals surface area contributed by atoms with E-state index < -0.39 is 0 Å². The van der Waals surface area contributed by atoms with Crippen LogP contribution in [0.1, 0.15) is 16.3 Å². The van der Waals surface area contributed by atoms with Gasteiger partial charge in [0.2, 0.25) is 0 Å². The molecule has 0 bridgehead atoms. The monoisotopic (exact) mass is 434 g/mol. The Morgan fingerprint density at radius 1 is 1.13 bits per heavy atom. The molecule has 0 radical (unpaired) electrons. The van der Waals surface area contributed by atoms with Gasteiger partial charge in [0.05, 0.1) is 17.3 Å². The number of H-pyrrole nitrogens is 1. The summed E-state index contributed by atoms with van der Waals surface area (Å²) >= 11 is 1.55. The van der Waals surface area contributed by atoms with Gasteiger partial charge in [-0.3, -0.25) is 9.89 Å². The van der Waals surface area contributed by atoms with Crippen LogP contribution in [0.25, 0.3) is 10.2 Å². The molecule has 0 atom stereocenters. The van der Waals surface area contributed by atoms with Gasteiger partial charge < -0.3 is 20.9 Å². The quantitative estimate of drug-likeness (QED) is 0.382. The summed E-state index contributed by atoms with van der Waals surface area (Å²) in [4.78, 5) is 25.0. The van der Waals surface area contributed by atoms with Gasteiger partial charge in [-0.1, -0.05) is 0 Å². The van der Waals surface area contributed by atoms with Crippen LogP contribution >= 0.6 is 11.3 Å². The number of nitrogens with one attached hydrogen (secondary N) is 4. The Bertz CT molecular complexity index is 1210. The standard InChI is InChI=1S/C21H22N8OS/c1-13-24-19(16-6-11-31-21(16)25-13)27-17-12-23-28-18(17)20(30)26-14-2-4-15(5-3-14)29-9-7-22-8-10-29/h2-6,11-12,22H,7-10H2,1H3,(H,23,28)(H,26,30)(H,24,25,27). The average Bonchev–Trinajstić information content (AvgIpc) is 3.44. The van der Waals surface area contributed by atoms with Gasteiger partial charge in [0, 0.05) is 37.6 Å². The highest BCUT2D eigenvalue weighted by Crippen LogP contribution is 2.28. The highest BCUT2D eigenvalue weighted by atomic mass is 32.1. The number of amides is 1. The third-order valence-electron chi connectivity index (χ3n) is 5.16. The van der Waals surface area contributed by atoms with Crippen molar-refractivity contribution in [2.24, 2.45) is 0 Å². The number of carbonyl (C=O) groups is 1. The molecule has 0 saturated carbocycles. The number of nitrogens with zero attached hydrogens (tertiary/aromatic N) is 4. The lowest BCUT2D eigenvalue weighted by atomic mass is 10.2. The van der Waals surface area contributed by atoms with Crippen molar-refractivity contribution in [3.63, 3.8) is 0 Å². The molecule has 158 valence electrons. The van der Waals surface area contributed by atoms with Crippen LogP contribution in [0.2, 0.25) is 0 Å². The van der Waals surface area contributed by atoms with E-state index in [-0.39, 0.29) is 5.91 Å². The summed E-state index contributed by atoms with van der Waals surface area (Å²) in [5.41, 5.74) is 2.77. The fourth-order valence-electron chi connectivity index (χ4n) is 3.61. The zero-order chi connectivity index (χ0) is 21.2. The third kappa shape index (κ3) is 4.07. The summed E-state index contributed by atoms with van der Waals surface area (Å²) in [6.07, 6.45) is 1.58. The molecule has 10 heteroatoms. The summed E-state index contributed by atoms with van der Waals surface area (Å²) in [6, 6.07) is 9.86. The molecule has 4 N–H and O–H groups in total. The number of benzene rings is 1. The summed E-state index contributed by atoms with van der Waals surface area (Å²) in [6.45, 7) is 5.77. The van der Waals surface area contributed by atoms with Crippen LogP contribution in [0.3, 0.4) is 0 Å². The molecule has 4 heterocycles. The number of anilines is 4. The van der Waals surface area contributed by atoms with Gasteiger partial charge in [-0.25, -0.2) is 9.97 Å². The van der Waals surface area contributed by atoms with E-state index in [0.29, 0.717) is 23.0 Å². The first kappa shape index (κ1) is 19.5. The molecule has 4 aromatic rings. The summed E-state index contributed by atoms with van der Waals surface area (Å²) in [7, 11) is 0. The summed E-state index contributed by atoms with van der Waals surface area (Å²) in [5, 5.41) is 19.2. The first-order valence-corrected chi connectivity index (χ1v) is 10.9. The number of aromatic nitrogens is 4. The second kappa shape index (κ2) is 8.32. The minimum atomic E-state index is -0.276. The van der Waals surface area contributed by atoms with Crippen molar-refractivity contribution in [3.8, 4) is 0 Å². The second-order valence-corrected chi connectivity index (χ2v) is 8.18. The molecule has 9 nitrogen and oxygen atoms in total. The zero-order valence-electron chi connectivity index (χ0n) is 17.0. The highest BCUT2D eigenvalue weighted by molar-refractivity contribution is 7.16. The minimum absolute atomic E-state index is 0.276. The fourth-order valence-corrected chi connectivity index (χ4v) is 4.42. The van der Waals surface area contributed by atoms with Crippen LogP contribution in [0.5, 0.6) is 0 Å². The van der Waals surface area contributed by atoms with E-state index in [9.17, 15) is 4.79 Å². The lowest BCUT2D eigenvalue weighted by Gasteiger charge is -2.29. The van der Waals surface area contributed by atoms with Crippen molar-refractivity contribution >= 4 is 50.3 Å². The maximum atomic E-state index is 12.9. The van der Waals surface area contributed by atoms with Crippen molar-refractivity contribution < 1.29 is 4.79 Å². The van der Waals surface area contributed by atoms with Crippen LogP contribution < -0.4 is 20.9 Å². The van der Waals surface area contributed by atoms with Crippen molar-refractivity contribution in [3.05, 3.63) is 53.4 Å². The van der Waals surface area contributed by atoms with Crippen LogP contribution in [0.4, 0.5) is 22.9 Å². The molecule has 31 heavy (non-hydrogen) atoms. The van der Waals surface area contributed by atoms with Crippen LogP contribution in [-0.4, -0.2) is 52.3 Å². The van der Waals surface area contributed by atoms with E-state index in [1.807, 2.05) is 42.6 Å². The molecule has 1 saturated heterocycles. The molecule has 0 aliphatic carbocycles. The van der Waals surface area contributed by atoms with Crippen LogP contribution in [-0.2, 0) is 0 Å². The number of piperazine rings is 1. The second-order valence-electron chi connectivity index (χ2n) is 7.28. The zero-order valence-corrected chi connectivity index (χ0v) is 17.8. The Hall–Kier alpha value is -3.50. The van der Waals surface area contributed by atoms with Gasteiger partial charge in [0.25, 0.3) is 5.91 Å². The lowest BCUT2D eigenvalue weighted by molar-refractivity contribution is 0.102. The molecule has 5 rings (SSSR count). The highest BCUT2D eigenvalue weighted by Gasteiger charge is 2.17. The van der Waals surface area contributed by atoms with Crippen LogP contribution in [0.15, 0.2) is 41.9 Å². The topological polar surface area (TPSA) is 111 Å². The Balaban J connectivity index is 1.32. The van der Waals surface area contributed by atoms with Crippen molar-refractivity contribution in [2.45, 2.75) is 6.92 Å². The van der Waals surface area contributed by atoms with Gasteiger partial charge >= 0.3 is 0 Å². The maximum absolute atomic E-state index is 12.9. The number of thiophene rings is 1. The number of rotatable bonds is 5. The summed E-state index contributed by atoms with van der Waals surface area (Å²) < 4.78 is 0. The number of hydrogen-bond acceptors (Lipinski definition) is 8. The van der Waals surface area contributed by atoms with Gasteiger partial charge in [-0.15, -0.1) is 11.3 Å². The predicted molar refractivity (Wildman–Crippen MR) is 124 cm³/mol. The Morgan fingerprint density at radius 3 is 2.74 bits per heavy atom. The smallest absolute Gasteiger partial charge is 0.275 e. The molecule has 0 unspecified atom stereocenters. The van der Waals surface area contributed by atoms with E-state index in [2.05, 4.69) is 41.0 Å². The lowest BCUT2D eigenvalue weighted by Crippen LogP contribution is -2.43. The molecule has 3 aromatic heterocycles. The predicted octanol–water partition coefficient (Wildman–Crippen LogP) is 3.13. The average molecular weight is 435 g/mol. The number of fused-ring (bicyclic) bond motifs is 1. The van der Waals surface area contributed by atoms with E-state index in [1.54, 1.807) is 17.5 Å². The van der Waals surface area contributed by atoms with Gasteiger partial charge in [-0.2, -0.15) is 5.10 Å². The SMILES string of the molecule is Cc1nc(Nc2cn[nH]c2C(=O)Nc2ccc(N3CCNCC3)cc2)c2ccsc2n1. The Labute approximate surface area is 182 Å². The number of hydrogen-bond donors (Lipinski definition) is 4. The van der Waals surface area contributed by atoms with Crippen LogP contribution in [0, 0.1) is 6.92 Å². The normalized spacial score (nSPS) is 14.0. The van der Waals surface area contributed by atoms with Gasteiger partial charge in [-0.05, 0) is 42.6 Å². The van der Waals surface area contributed by atoms with E-state index in [0.717, 1.165) is 47.8 Å². The van der Waals surface area contributed by atoms with Crippen molar-refractivity contribution in [1.29, 1.82) is 0 Å². The van der Waals surface area contributed by atoms with E-state index in [4.69, 9.17) is 0 Å². The third-order valence-corrected chi connectivity index (χ3v) is 5.97. The Kier molecular flexibility index (Phi) is 5.23. The molecular weight excluding hydrogens is 412 g/mol. The number of aromatic amines is 1. The van der Waals surface area contributed by atoms with Crippen molar-refractivity contribution in [1.82, 2.24) is 25.5 Å². The number of aryl methyl sites for hydroxylation is 1. The van der Waals surface area contributed by atoms with Crippen molar-refractivity contribution in [2.75, 3.05) is 41.7 Å². The molecule has 1 aliphatic heterocycles.